The number of rotatable bonds is 2. The van der Waals surface area contributed by atoms with Crippen LogP contribution in [0.5, 0.6) is 0 Å². The van der Waals surface area contributed by atoms with Crippen molar-refractivity contribution in [3.05, 3.63) is 34.9 Å². The topological polar surface area (TPSA) is 63.3 Å². The molecule has 1 aromatic carbocycles. The first kappa shape index (κ1) is 11.9. The summed E-state index contributed by atoms with van der Waals surface area (Å²) >= 11 is 0. The van der Waals surface area contributed by atoms with E-state index in [0.29, 0.717) is 12.1 Å². The molecule has 0 saturated carbocycles. The number of aryl methyl sites for hydroxylation is 1. The summed E-state index contributed by atoms with van der Waals surface area (Å²) in [6, 6.07) is 4.96. The molecular weight excluding hydrogens is 190 g/mol. The third kappa shape index (κ3) is 2.72. The Morgan fingerprint density at radius 3 is 2.62 bits per heavy atom. The highest BCUT2D eigenvalue weighted by molar-refractivity contribution is 5.87. The van der Waals surface area contributed by atoms with Gasteiger partial charge in [-0.15, -0.1) is 12.4 Å². The molecule has 72 valence electrons. The molecule has 0 unspecified atom stereocenters. The van der Waals surface area contributed by atoms with Crippen molar-refractivity contribution in [2.45, 2.75) is 13.5 Å². The molecule has 3 N–H and O–H groups in total. The van der Waals surface area contributed by atoms with Gasteiger partial charge in [-0.3, -0.25) is 0 Å². The van der Waals surface area contributed by atoms with Gasteiger partial charge in [0.15, 0.2) is 0 Å². The Kier molecular flexibility index (Phi) is 4.45. The number of hydrogen-bond donors (Lipinski definition) is 2. The molecule has 0 aromatic heterocycles. The van der Waals surface area contributed by atoms with Crippen molar-refractivity contribution in [2.75, 3.05) is 0 Å². The van der Waals surface area contributed by atoms with Gasteiger partial charge in [-0.25, -0.2) is 4.79 Å². The molecule has 0 radical (unpaired) electrons. The van der Waals surface area contributed by atoms with Crippen molar-refractivity contribution in [1.82, 2.24) is 0 Å². The standard InChI is InChI=1S/C9H11NO2.ClH/c1-6-2-3-7(9(11)12)4-8(6)5-10;/h2-4H,5,10H2,1H3,(H,11,12);1H. The lowest BCUT2D eigenvalue weighted by molar-refractivity contribution is 0.0697. The second-order valence-electron chi connectivity index (χ2n) is 2.65. The van der Waals surface area contributed by atoms with Gasteiger partial charge in [0.1, 0.15) is 0 Å². The Labute approximate surface area is 83.0 Å². The maximum Gasteiger partial charge on any atom is 0.335 e. The van der Waals surface area contributed by atoms with Crippen LogP contribution in [-0.2, 0) is 6.54 Å². The van der Waals surface area contributed by atoms with Gasteiger partial charge in [0, 0.05) is 6.54 Å². The van der Waals surface area contributed by atoms with E-state index in [2.05, 4.69) is 0 Å². The molecule has 1 aromatic rings. The van der Waals surface area contributed by atoms with Crippen molar-refractivity contribution in [3.63, 3.8) is 0 Å². The van der Waals surface area contributed by atoms with Crippen LogP contribution in [0.1, 0.15) is 21.5 Å². The van der Waals surface area contributed by atoms with Crippen LogP contribution >= 0.6 is 12.4 Å². The summed E-state index contributed by atoms with van der Waals surface area (Å²) in [5, 5.41) is 8.65. The number of hydrogen-bond acceptors (Lipinski definition) is 2. The van der Waals surface area contributed by atoms with Crippen LogP contribution in [0.25, 0.3) is 0 Å². The van der Waals surface area contributed by atoms with Crippen molar-refractivity contribution in [1.29, 1.82) is 0 Å². The van der Waals surface area contributed by atoms with E-state index < -0.39 is 5.97 Å². The number of nitrogens with two attached hydrogens (primary N) is 1. The lowest BCUT2D eigenvalue weighted by Crippen LogP contribution is -2.03. The van der Waals surface area contributed by atoms with Gasteiger partial charge in [0.05, 0.1) is 5.56 Å². The van der Waals surface area contributed by atoms with Crippen molar-refractivity contribution in [3.8, 4) is 0 Å². The lowest BCUT2D eigenvalue weighted by Gasteiger charge is -2.03. The van der Waals surface area contributed by atoms with Gasteiger partial charge in [0.25, 0.3) is 0 Å². The van der Waals surface area contributed by atoms with Gasteiger partial charge in [-0.1, -0.05) is 6.07 Å². The van der Waals surface area contributed by atoms with Crippen molar-refractivity contribution in [2.24, 2.45) is 5.73 Å². The van der Waals surface area contributed by atoms with Crippen LogP contribution in [0.3, 0.4) is 0 Å². The third-order valence-electron chi connectivity index (χ3n) is 1.82. The molecule has 0 aliphatic carbocycles. The molecule has 1 rings (SSSR count). The molecule has 0 saturated heterocycles. The first-order chi connectivity index (χ1) is 5.65. The highest BCUT2D eigenvalue weighted by atomic mass is 35.5. The molecule has 0 heterocycles. The van der Waals surface area contributed by atoms with Gasteiger partial charge in [-0.05, 0) is 30.2 Å². The second kappa shape index (κ2) is 4.84. The van der Waals surface area contributed by atoms with Crippen LogP contribution in [0.2, 0.25) is 0 Å². The van der Waals surface area contributed by atoms with Gasteiger partial charge < -0.3 is 10.8 Å². The summed E-state index contributed by atoms with van der Waals surface area (Å²) in [5.41, 5.74) is 7.63. The van der Waals surface area contributed by atoms with Crippen LogP contribution in [-0.4, -0.2) is 11.1 Å². The Balaban J connectivity index is 0.00000144. The van der Waals surface area contributed by atoms with E-state index in [1.807, 2.05) is 6.92 Å². The molecule has 0 fully saturated rings. The number of aromatic carboxylic acids is 1. The van der Waals surface area contributed by atoms with E-state index in [4.69, 9.17) is 10.8 Å². The summed E-state index contributed by atoms with van der Waals surface area (Å²) in [5.74, 6) is -0.912. The van der Waals surface area contributed by atoms with E-state index in [9.17, 15) is 4.79 Å². The monoisotopic (exact) mass is 201 g/mol. The molecule has 0 atom stereocenters. The summed E-state index contributed by atoms with van der Waals surface area (Å²) < 4.78 is 0. The normalized spacial score (nSPS) is 9.08. The zero-order chi connectivity index (χ0) is 9.14. The molecule has 0 amide bonds. The smallest absolute Gasteiger partial charge is 0.335 e. The quantitative estimate of drug-likeness (QED) is 0.764. The first-order valence-corrected chi connectivity index (χ1v) is 3.68. The van der Waals surface area contributed by atoms with Gasteiger partial charge in [0.2, 0.25) is 0 Å². The van der Waals surface area contributed by atoms with Crippen LogP contribution in [0, 0.1) is 6.92 Å². The molecule has 0 aliphatic heterocycles. The highest BCUT2D eigenvalue weighted by Crippen LogP contribution is 2.10. The fraction of sp³-hybridized carbons (Fsp3) is 0.222. The highest BCUT2D eigenvalue weighted by Gasteiger charge is 2.04. The van der Waals surface area contributed by atoms with Crippen LogP contribution < -0.4 is 5.73 Å². The number of carboxylic acid groups (broad SMARTS) is 1. The largest absolute Gasteiger partial charge is 0.478 e. The zero-order valence-corrected chi connectivity index (χ0v) is 8.10. The first-order valence-electron chi connectivity index (χ1n) is 3.68. The van der Waals surface area contributed by atoms with Crippen LogP contribution in [0.15, 0.2) is 18.2 Å². The molecule has 0 aliphatic rings. The zero-order valence-electron chi connectivity index (χ0n) is 7.28. The Bertz CT molecular complexity index is 312. The van der Waals surface area contributed by atoms with Gasteiger partial charge >= 0.3 is 5.97 Å². The van der Waals surface area contributed by atoms with E-state index >= 15 is 0 Å². The van der Waals surface area contributed by atoms with Crippen LogP contribution in [0.4, 0.5) is 0 Å². The molecule has 3 nitrogen and oxygen atoms in total. The molecule has 4 heteroatoms. The fourth-order valence-corrected chi connectivity index (χ4v) is 1.02. The summed E-state index contributed by atoms with van der Waals surface area (Å²) in [6.45, 7) is 2.29. The molecular formula is C9H12ClNO2. The predicted octanol–water partition coefficient (Wildman–Crippen LogP) is 1.57. The average Bonchev–Trinajstić information content (AvgIpc) is 2.05. The molecule has 13 heavy (non-hydrogen) atoms. The Hall–Kier alpha value is -1.06. The maximum absolute atomic E-state index is 10.5. The lowest BCUT2D eigenvalue weighted by atomic mass is 10.1. The number of halogens is 1. The van der Waals surface area contributed by atoms with Crippen molar-refractivity contribution < 1.29 is 9.90 Å². The van der Waals surface area contributed by atoms with Crippen molar-refractivity contribution >= 4 is 18.4 Å². The minimum Gasteiger partial charge on any atom is -0.478 e. The van der Waals surface area contributed by atoms with E-state index in [-0.39, 0.29) is 12.4 Å². The third-order valence-corrected chi connectivity index (χ3v) is 1.82. The molecule has 0 bridgehead atoms. The number of carboxylic acids is 1. The van der Waals surface area contributed by atoms with E-state index in [1.54, 1.807) is 18.2 Å². The summed E-state index contributed by atoms with van der Waals surface area (Å²) in [7, 11) is 0. The van der Waals surface area contributed by atoms with E-state index in [0.717, 1.165) is 11.1 Å². The number of carbonyl (C=O) groups is 1. The van der Waals surface area contributed by atoms with E-state index in [1.165, 1.54) is 0 Å². The summed E-state index contributed by atoms with van der Waals surface area (Å²) in [4.78, 5) is 10.5. The molecule has 0 spiro atoms. The predicted molar refractivity (Wildman–Crippen MR) is 53.3 cm³/mol. The minimum absolute atomic E-state index is 0. The Morgan fingerprint density at radius 1 is 1.54 bits per heavy atom. The SMILES string of the molecule is Cc1ccc(C(=O)O)cc1CN.Cl. The Morgan fingerprint density at radius 2 is 2.15 bits per heavy atom. The fourth-order valence-electron chi connectivity index (χ4n) is 1.02. The average molecular weight is 202 g/mol. The second-order valence-corrected chi connectivity index (χ2v) is 2.65. The maximum atomic E-state index is 10.5. The summed E-state index contributed by atoms with van der Waals surface area (Å²) in [6.07, 6.45) is 0. The van der Waals surface area contributed by atoms with Gasteiger partial charge in [-0.2, -0.15) is 0 Å². The minimum atomic E-state index is -0.912. The number of benzene rings is 1.